The highest BCUT2D eigenvalue weighted by Crippen LogP contribution is 2.15. The molecule has 2 unspecified atom stereocenters. The van der Waals surface area contributed by atoms with E-state index in [1.54, 1.807) is 0 Å². The van der Waals surface area contributed by atoms with Crippen molar-refractivity contribution in [3.63, 3.8) is 0 Å². The fourth-order valence-corrected chi connectivity index (χ4v) is 2.15. The zero-order valence-corrected chi connectivity index (χ0v) is 13.0. The molecule has 0 amide bonds. The fourth-order valence-electron chi connectivity index (χ4n) is 2.15. The summed E-state index contributed by atoms with van der Waals surface area (Å²) in [5.41, 5.74) is -0.413. The third-order valence-corrected chi connectivity index (χ3v) is 3.39. The molecule has 0 rings (SSSR count). The molecule has 0 aromatic heterocycles. The average molecular weight is 254 g/mol. The van der Waals surface area contributed by atoms with Crippen LogP contribution < -0.4 is 5.32 Å². The molecule has 4 heteroatoms. The van der Waals surface area contributed by atoms with Crippen LogP contribution in [0.5, 0.6) is 0 Å². The first kappa shape index (κ1) is 17.4. The summed E-state index contributed by atoms with van der Waals surface area (Å²) < 4.78 is 0. The number of rotatable bonds is 9. The van der Waals surface area contributed by atoms with E-state index in [2.05, 4.69) is 49.3 Å². The summed E-state index contributed by atoms with van der Waals surface area (Å²) >= 11 is 0. The SMILES string of the molecule is CCNC(C)(C#N)CC(C)N(C)CCCN(C)C. The van der Waals surface area contributed by atoms with E-state index in [1.807, 2.05) is 13.8 Å². The van der Waals surface area contributed by atoms with Gasteiger partial charge in [0.15, 0.2) is 0 Å². The van der Waals surface area contributed by atoms with E-state index in [0.29, 0.717) is 6.04 Å². The van der Waals surface area contributed by atoms with E-state index < -0.39 is 5.54 Å². The van der Waals surface area contributed by atoms with Gasteiger partial charge < -0.3 is 9.80 Å². The number of hydrogen-bond donors (Lipinski definition) is 1. The maximum absolute atomic E-state index is 9.26. The number of hydrogen-bond acceptors (Lipinski definition) is 4. The molecule has 106 valence electrons. The van der Waals surface area contributed by atoms with Gasteiger partial charge in [0.25, 0.3) is 0 Å². The lowest BCUT2D eigenvalue weighted by Gasteiger charge is -2.31. The van der Waals surface area contributed by atoms with Crippen LogP contribution in [0.2, 0.25) is 0 Å². The molecule has 0 saturated heterocycles. The molecular formula is C14H30N4. The van der Waals surface area contributed by atoms with Crippen molar-refractivity contribution >= 4 is 0 Å². The van der Waals surface area contributed by atoms with Crippen molar-refractivity contribution in [2.75, 3.05) is 40.8 Å². The second kappa shape index (κ2) is 8.47. The Hall–Kier alpha value is -0.630. The van der Waals surface area contributed by atoms with Crippen LogP contribution in [-0.2, 0) is 0 Å². The normalized spacial score (nSPS) is 16.6. The Morgan fingerprint density at radius 3 is 2.33 bits per heavy atom. The molecule has 0 aliphatic carbocycles. The minimum atomic E-state index is -0.413. The first-order chi connectivity index (χ1) is 8.34. The van der Waals surface area contributed by atoms with Gasteiger partial charge in [-0.3, -0.25) is 5.32 Å². The Labute approximate surface area is 113 Å². The topological polar surface area (TPSA) is 42.3 Å². The summed E-state index contributed by atoms with van der Waals surface area (Å²) in [6.45, 7) is 9.25. The summed E-state index contributed by atoms with van der Waals surface area (Å²) in [6.07, 6.45) is 2.02. The molecule has 0 saturated carbocycles. The maximum Gasteiger partial charge on any atom is 0.105 e. The van der Waals surface area contributed by atoms with Crippen molar-refractivity contribution in [3.05, 3.63) is 0 Å². The van der Waals surface area contributed by atoms with Gasteiger partial charge >= 0.3 is 0 Å². The third kappa shape index (κ3) is 6.95. The number of nitrogens with zero attached hydrogens (tertiary/aromatic N) is 3. The molecule has 0 aromatic carbocycles. The van der Waals surface area contributed by atoms with Gasteiger partial charge in [0.1, 0.15) is 5.54 Å². The molecular weight excluding hydrogens is 224 g/mol. The smallest absolute Gasteiger partial charge is 0.105 e. The third-order valence-electron chi connectivity index (χ3n) is 3.39. The van der Waals surface area contributed by atoms with Crippen LogP contribution in [0.15, 0.2) is 0 Å². The number of nitrogens with one attached hydrogen (secondary N) is 1. The van der Waals surface area contributed by atoms with Gasteiger partial charge in [-0.2, -0.15) is 5.26 Å². The van der Waals surface area contributed by atoms with Crippen molar-refractivity contribution in [2.45, 2.75) is 45.2 Å². The molecule has 0 radical (unpaired) electrons. The molecule has 1 N–H and O–H groups in total. The zero-order valence-electron chi connectivity index (χ0n) is 13.0. The van der Waals surface area contributed by atoms with Crippen LogP contribution in [0.4, 0.5) is 0 Å². The molecule has 4 nitrogen and oxygen atoms in total. The van der Waals surface area contributed by atoms with Crippen molar-refractivity contribution < 1.29 is 0 Å². The van der Waals surface area contributed by atoms with Gasteiger partial charge in [0.05, 0.1) is 6.07 Å². The second-order valence-electron chi connectivity index (χ2n) is 5.66. The summed E-state index contributed by atoms with van der Waals surface area (Å²) in [4.78, 5) is 4.55. The lowest BCUT2D eigenvalue weighted by molar-refractivity contribution is 0.205. The van der Waals surface area contributed by atoms with Crippen LogP contribution in [0, 0.1) is 11.3 Å². The Morgan fingerprint density at radius 1 is 1.28 bits per heavy atom. The Kier molecular flexibility index (Phi) is 8.17. The first-order valence-electron chi connectivity index (χ1n) is 6.86. The van der Waals surface area contributed by atoms with E-state index in [0.717, 1.165) is 32.5 Å². The quantitative estimate of drug-likeness (QED) is 0.678. The molecule has 0 aliphatic rings. The fraction of sp³-hybridized carbons (Fsp3) is 0.929. The molecule has 0 heterocycles. The molecule has 0 aliphatic heterocycles. The largest absolute Gasteiger partial charge is 0.309 e. The first-order valence-corrected chi connectivity index (χ1v) is 6.86. The molecule has 2 atom stereocenters. The summed E-state index contributed by atoms with van der Waals surface area (Å²) in [7, 11) is 6.34. The lowest BCUT2D eigenvalue weighted by Crippen LogP contribution is -2.46. The van der Waals surface area contributed by atoms with E-state index in [-0.39, 0.29) is 0 Å². The van der Waals surface area contributed by atoms with E-state index in [1.165, 1.54) is 0 Å². The van der Waals surface area contributed by atoms with Gasteiger partial charge in [0, 0.05) is 6.04 Å². The molecule has 0 bridgehead atoms. The van der Waals surface area contributed by atoms with Crippen LogP contribution in [0.3, 0.4) is 0 Å². The lowest BCUT2D eigenvalue weighted by atomic mass is 9.94. The summed E-state index contributed by atoms with van der Waals surface area (Å²) in [6, 6.07) is 2.81. The van der Waals surface area contributed by atoms with Gasteiger partial charge in [-0.25, -0.2) is 0 Å². The maximum atomic E-state index is 9.26. The van der Waals surface area contributed by atoms with E-state index >= 15 is 0 Å². The van der Waals surface area contributed by atoms with Gasteiger partial charge in [-0.15, -0.1) is 0 Å². The highest BCUT2D eigenvalue weighted by atomic mass is 15.1. The van der Waals surface area contributed by atoms with Gasteiger partial charge in [0.2, 0.25) is 0 Å². The van der Waals surface area contributed by atoms with Crippen molar-refractivity contribution in [2.24, 2.45) is 0 Å². The van der Waals surface area contributed by atoms with Crippen LogP contribution in [0.25, 0.3) is 0 Å². The van der Waals surface area contributed by atoms with E-state index in [4.69, 9.17) is 0 Å². The Morgan fingerprint density at radius 2 is 1.89 bits per heavy atom. The van der Waals surface area contributed by atoms with Gasteiger partial charge in [-0.1, -0.05) is 6.92 Å². The zero-order chi connectivity index (χ0) is 14.2. The van der Waals surface area contributed by atoms with Gasteiger partial charge in [-0.05, 0) is 67.5 Å². The monoisotopic (exact) mass is 254 g/mol. The van der Waals surface area contributed by atoms with Crippen LogP contribution >= 0.6 is 0 Å². The number of nitriles is 1. The standard InChI is InChI=1S/C14H30N4/c1-7-16-14(3,12-15)11-13(2)18(6)10-8-9-17(4)5/h13,16H,7-11H2,1-6H3. The summed E-state index contributed by atoms with van der Waals surface area (Å²) in [5, 5.41) is 12.5. The minimum absolute atomic E-state index is 0.413. The van der Waals surface area contributed by atoms with Crippen molar-refractivity contribution in [1.29, 1.82) is 5.26 Å². The highest BCUT2D eigenvalue weighted by molar-refractivity contribution is 5.05. The second-order valence-corrected chi connectivity index (χ2v) is 5.66. The Bertz CT molecular complexity index is 259. The predicted octanol–water partition coefficient (Wildman–Crippen LogP) is 1.54. The van der Waals surface area contributed by atoms with Crippen LogP contribution in [-0.4, -0.2) is 62.2 Å². The minimum Gasteiger partial charge on any atom is -0.309 e. The Balaban J connectivity index is 4.13. The predicted molar refractivity (Wildman–Crippen MR) is 77.6 cm³/mol. The average Bonchev–Trinajstić information content (AvgIpc) is 2.28. The summed E-state index contributed by atoms with van der Waals surface area (Å²) in [5.74, 6) is 0. The highest BCUT2D eigenvalue weighted by Gasteiger charge is 2.26. The molecule has 0 fully saturated rings. The van der Waals surface area contributed by atoms with E-state index in [9.17, 15) is 5.26 Å². The van der Waals surface area contributed by atoms with Crippen molar-refractivity contribution in [1.82, 2.24) is 15.1 Å². The molecule has 0 spiro atoms. The molecule has 0 aromatic rings. The van der Waals surface area contributed by atoms with Crippen LogP contribution in [0.1, 0.15) is 33.6 Å². The van der Waals surface area contributed by atoms with Crippen molar-refractivity contribution in [3.8, 4) is 6.07 Å². The molecule has 18 heavy (non-hydrogen) atoms.